The quantitative estimate of drug-likeness (QED) is 0.121. The van der Waals surface area contributed by atoms with Crippen LogP contribution < -0.4 is 16.4 Å². The molecule has 1 aliphatic rings. The van der Waals surface area contributed by atoms with Crippen molar-refractivity contribution in [3.8, 4) is 0 Å². The lowest BCUT2D eigenvalue weighted by atomic mass is 10.2. The number of likely N-dealkylation sites (N-methyl/N-ethyl adjacent to an activating group) is 1. The van der Waals surface area contributed by atoms with Crippen molar-refractivity contribution in [3.05, 3.63) is 39.9 Å². The molecule has 1 saturated heterocycles. The van der Waals surface area contributed by atoms with Gasteiger partial charge in [-0.25, -0.2) is 4.79 Å². The zero-order valence-electron chi connectivity index (χ0n) is 15.9. The summed E-state index contributed by atoms with van der Waals surface area (Å²) in [7, 11) is 1.88. The molecule has 29 heavy (non-hydrogen) atoms. The zero-order valence-corrected chi connectivity index (χ0v) is 16.8. The summed E-state index contributed by atoms with van der Waals surface area (Å²) in [6.45, 7) is 1.28. The molecule has 0 radical (unpaired) electrons. The molecular weight excluding hydrogens is 400 g/mol. The minimum atomic E-state index is -0.898. The monoisotopic (exact) mass is 424 g/mol. The van der Waals surface area contributed by atoms with E-state index in [4.69, 9.17) is 10.5 Å². The minimum absolute atomic E-state index is 0.0522. The van der Waals surface area contributed by atoms with E-state index in [9.17, 15) is 19.7 Å². The molecular formula is C17H24N6O5S. The van der Waals surface area contributed by atoms with E-state index in [1.165, 1.54) is 24.3 Å². The van der Waals surface area contributed by atoms with E-state index in [1.807, 2.05) is 11.9 Å². The number of amides is 2. The topological polar surface area (TPSA) is 152 Å². The molecule has 0 unspecified atom stereocenters. The van der Waals surface area contributed by atoms with Crippen molar-refractivity contribution >= 4 is 36.3 Å². The van der Waals surface area contributed by atoms with Gasteiger partial charge in [0.15, 0.2) is 5.96 Å². The number of thiol groups is 1. The largest absolute Gasteiger partial charge is 0.443 e. The van der Waals surface area contributed by atoms with Gasteiger partial charge in [-0.3, -0.25) is 19.8 Å². The fourth-order valence-corrected chi connectivity index (χ4v) is 3.26. The second-order valence-corrected chi connectivity index (χ2v) is 7.27. The van der Waals surface area contributed by atoms with Gasteiger partial charge in [0.05, 0.1) is 11.0 Å². The van der Waals surface area contributed by atoms with Crippen LogP contribution in [0.1, 0.15) is 12.0 Å². The smallest absolute Gasteiger partial charge is 0.437 e. The molecule has 11 nitrogen and oxygen atoms in total. The van der Waals surface area contributed by atoms with Gasteiger partial charge in [0.2, 0.25) is 5.91 Å². The van der Waals surface area contributed by atoms with E-state index in [2.05, 4.69) is 28.3 Å². The molecule has 1 fully saturated rings. The van der Waals surface area contributed by atoms with Crippen molar-refractivity contribution < 1.29 is 19.2 Å². The molecule has 0 saturated carbocycles. The highest BCUT2D eigenvalue weighted by Gasteiger charge is 2.32. The first kappa shape index (κ1) is 22.4. The lowest BCUT2D eigenvalue weighted by molar-refractivity contribution is -0.384. The van der Waals surface area contributed by atoms with Gasteiger partial charge in [0.1, 0.15) is 6.61 Å². The SMILES string of the molecule is CN1C[C@@H](S)C[C@H]1C(=O)NCCNC(N)=NC(=O)OCc1ccc([N+](=O)[O-])cc1. The number of nitrogens with one attached hydrogen (secondary N) is 2. The molecule has 2 atom stereocenters. The van der Waals surface area contributed by atoms with E-state index < -0.39 is 11.0 Å². The minimum Gasteiger partial charge on any atom is -0.443 e. The van der Waals surface area contributed by atoms with Crippen LogP contribution in [-0.2, 0) is 16.1 Å². The first-order chi connectivity index (χ1) is 13.8. The third kappa shape index (κ3) is 7.23. The number of nitro groups is 1. The van der Waals surface area contributed by atoms with Gasteiger partial charge in [-0.2, -0.15) is 12.6 Å². The molecule has 12 heteroatoms. The summed E-state index contributed by atoms with van der Waals surface area (Å²) < 4.78 is 4.93. The number of carbonyl (C=O) groups excluding carboxylic acids is 2. The van der Waals surface area contributed by atoms with E-state index >= 15 is 0 Å². The lowest BCUT2D eigenvalue weighted by Crippen LogP contribution is -2.45. The number of carbonyl (C=O) groups is 2. The Hall–Kier alpha value is -2.86. The van der Waals surface area contributed by atoms with Crippen molar-refractivity contribution in [1.82, 2.24) is 15.5 Å². The number of nitro benzene ring substituents is 1. The average molecular weight is 424 g/mol. The van der Waals surface area contributed by atoms with Gasteiger partial charge >= 0.3 is 6.09 Å². The summed E-state index contributed by atoms with van der Waals surface area (Å²) in [6, 6.07) is 5.40. The van der Waals surface area contributed by atoms with Crippen molar-refractivity contribution in [2.75, 3.05) is 26.7 Å². The number of rotatable bonds is 7. The van der Waals surface area contributed by atoms with Crippen LogP contribution in [0.4, 0.5) is 10.5 Å². The Morgan fingerprint density at radius 1 is 1.34 bits per heavy atom. The molecule has 1 aromatic carbocycles. The van der Waals surface area contributed by atoms with E-state index in [0.29, 0.717) is 18.5 Å². The molecule has 4 N–H and O–H groups in total. The normalized spacial score (nSPS) is 19.6. The average Bonchev–Trinajstić information content (AvgIpc) is 3.02. The molecule has 0 spiro atoms. The highest BCUT2D eigenvalue weighted by molar-refractivity contribution is 7.81. The Morgan fingerprint density at radius 3 is 2.59 bits per heavy atom. The van der Waals surface area contributed by atoms with Crippen LogP contribution in [0.5, 0.6) is 0 Å². The molecule has 2 amide bonds. The molecule has 0 aliphatic carbocycles. The van der Waals surface area contributed by atoms with E-state index in [-0.39, 0.29) is 42.0 Å². The molecule has 0 bridgehead atoms. The maximum Gasteiger partial charge on any atom is 0.437 e. The third-order valence-electron chi connectivity index (χ3n) is 4.28. The number of likely N-dealkylation sites (tertiary alicyclic amines) is 1. The van der Waals surface area contributed by atoms with Crippen LogP contribution in [0.15, 0.2) is 29.3 Å². The predicted octanol–water partition coefficient (Wildman–Crippen LogP) is 0.254. The second-order valence-electron chi connectivity index (χ2n) is 6.54. The number of non-ortho nitro benzene ring substituents is 1. The first-order valence-electron chi connectivity index (χ1n) is 8.90. The van der Waals surface area contributed by atoms with Crippen molar-refractivity contribution in [2.24, 2.45) is 10.7 Å². The summed E-state index contributed by atoms with van der Waals surface area (Å²) in [5.41, 5.74) is 6.13. The summed E-state index contributed by atoms with van der Waals surface area (Å²) >= 11 is 4.39. The fourth-order valence-electron chi connectivity index (χ4n) is 2.80. The Bertz CT molecular complexity index is 772. The van der Waals surface area contributed by atoms with E-state index in [1.54, 1.807) is 0 Å². The fraction of sp³-hybridized carbons (Fsp3) is 0.471. The molecule has 158 valence electrons. The van der Waals surface area contributed by atoms with Crippen LogP contribution in [0.2, 0.25) is 0 Å². The van der Waals surface area contributed by atoms with Gasteiger partial charge in [-0.1, -0.05) is 0 Å². The Kier molecular flexibility index (Phi) is 8.21. The number of benzene rings is 1. The van der Waals surface area contributed by atoms with Crippen LogP contribution in [0, 0.1) is 10.1 Å². The van der Waals surface area contributed by atoms with Crippen LogP contribution in [-0.4, -0.2) is 65.8 Å². The van der Waals surface area contributed by atoms with Gasteiger partial charge in [-0.15, -0.1) is 4.99 Å². The Balaban J connectivity index is 1.66. The van der Waals surface area contributed by atoms with Gasteiger partial charge < -0.3 is 21.1 Å². The Morgan fingerprint density at radius 2 is 2.00 bits per heavy atom. The number of hydrogen-bond donors (Lipinski definition) is 4. The highest BCUT2D eigenvalue weighted by Crippen LogP contribution is 2.19. The lowest BCUT2D eigenvalue weighted by Gasteiger charge is -2.18. The highest BCUT2D eigenvalue weighted by atomic mass is 32.1. The number of ether oxygens (including phenoxy) is 1. The van der Waals surface area contributed by atoms with Gasteiger partial charge in [0.25, 0.3) is 5.69 Å². The van der Waals surface area contributed by atoms with Crippen LogP contribution in [0.25, 0.3) is 0 Å². The molecule has 1 heterocycles. The number of hydrogen-bond acceptors (Lipinski definition) is 7. The maximum absolute atomic E-state index is 12.1. The Labute approximate surface area is 173 Å². The predicted molar refractivity (Wildman–Crippen MR) is 110 cm³/mol. The number of aliphatic imine (C=N–C) groups is 1. The third-order valence-corrected chi connectivity index (χ3v) is 4.65. The maximum atomic E-state index is 12.1. The second kappa shape index (κ2) is 10.6. The first-order valence-corrected chi connectivity index (χ1v) is 9.42. The van der Waals surface area contributed by atoms with Gasteiger partial charge in [-0.05, 0) is 31.2 Å². The molecule has 1 aromatic rings. The number of guanidine groups is 1. The number of nitrogens with zero attached hydrogens (tertiary/aromatic N) is 3. The summed E-state index contributed by atoms with van der Waals surface area (Å²) in [5, 5.41) is 16.3. The van der Waals surface area contributed by atoms with Crippen molar-refractivity contribution in [2.45, 2.75) is 24.3 Å². The van der Waals surface area contributed by atoms with E-state index in [0.717, 1.165) is 6.54 Å². The van der Waals surface area contributed by atoms with Gasteiger partial charge in [0, 0.05) is 37.0 Å². The summed E-state index contributed by atoms with van der Waals surface area (Å²) in [4.78, 5) is 39.3. The summed E-state index contributed by atoms with van der Waals surface area (Å²) in [6.07, 6.45) is -0.201. The molecule has 0 aromatic heterocycles. The van der Waals surface area contributed by atoms with Crippen LogP contribution >= 0.6 is 12.6 Å². The molecule has 2 rings (SSSR count). The van der Waals surface area contributed by atoms with Crippen molar-refractivity contribution in [1.29, 1.82) is 0 Å². The zero-order chi connectivity index (χ0) is 21.4. The van der Waals surface area contributed by atoms with Crippen LogP contribution in [0.3, 0.4) is 0 Å². The van der Waals surface area contributed by atoms with Crippen molar-refractivity contribution in [3.63, 3.8) is 0 Å². The molecule has 1 aliphatic heterocycles. The number of nitrogens with two attached hydrogens (primary N) is 1. The standard InChI is InChI=1S/C17H24N6O5S/c1-22-9-13(29)8-14(22)15(24)19-6-7-20-16(18)21-17(25)28-10-11-2-4-12(5-3-11)23(26)27/h2-5,13-14,29H,6-10H2,1H3,(H,19,24)(H3,18,20,21,25)/t13-,14-/m0/s1. The summed E-state index contributed by atoms with van der Waals surface area (Å²) in [5.74, 6) is -0.217.